The Bertz CT molecular complexity index is 1230. The van der Waals surface area contributed by atoms with Crippen LogP contribution in [0.2, 0.25) is 0 Å². The van der Waals surface area contributed by atoms with Crippen LogP contribution >= 0.6 is 0 Å². The molecule has 8 heteroatoms. The van der Waals surface area contributed by atoms with Crippen molar-refractivity contribution in [1.29, 1.82) is 0 Å². The maximum absolute atomic E-state index is 13.2. The predicted molar refractivity (Wildman–Crippen MR) is 120 cm³/mol. The number of amides is 4. The lowest BCUT2D eigenvalue weighted by Crippen LogP contribution is -2.54. The number of nitrogens with one attached hydrogen (secondary N) is 1. The molecular weight excluding hydrogens is 408 g/mol. The first-order chi connectivity index (χ1) is 15.4. The molecule has 4 rings (SSSR count). The van der Waals surface area contributed by atoms with E-state index in [1.54, 1.807) is 30.5 Å². The second-order valence-corrected chi connectivity index (χ2v) is 7.23. The van der Waals surface area contributed by atoms with Crippen molar-refractivity contribution >= 4 is 29.6 Å². The monoisotopic (exact) mass is 430 g/mol. The van der Waals surface area contributed by atoms with Gasteiger partial charge in [0, 0.05) is 17.6 Å². The van der Waals surface area contributed by atoms with Gasteiger partial charge in [-0.2, -0.15) is 0 Å². The van der Waals surface area contributed by atoms with Gasteiger partial charge in [0.2, 0.25) is 0 Å². The SMILES string of the molecule is CCOc1ccc(N2C(=O)NC(=O)/C(=C\c3cc(C)n(-c4ccccn4)c3C)C2=O)cc1. The number of anilines is 1. The molecule has 0 bridgehead atoms. The Hall–Kier alpha value is -4.20. The third-order valence-corrected chi connectivity index (χ3v) is 5.16. The number of benzene rings is 1. The van der Waals surface area contributed by atoms with E-state index in [9.17, 15) is 14.4 Å². The van der Waals surface area contributed by atoms with Gasteiger partial charge in [-0.05, 0) is 74.9 Å². The van der Waals surface area contributed by atoms with Crippen LogP contribution in [-0.2, 0) is 9.59 Å². The lowest BCUT2D eigenvalue weighted by Gasteiger charge is -2.26. The quantitative estimate of drug-likeness (QED) is 0.494. The number of hydrogen-bond donors (Lipinski definition) is 1. The normalized spacial score (nSPS) is 15.3. The van der Waals surface area contributed by atoms with Crippen molar-refractivity contribution in [3.63, 3.8) is 0 Å². The minimum absolute atomic E-state index is 0.125. The van der Waals surface area contributed by atoms with Crippen LogP contribution in [0.15, 0.2) is 60.3 Å². The Morgan fingerprint density at radius 2 is 1.81 bits per heavy atom. The first kappa shape index (κ1) is 21.0. The van der Waals surface area contributed by atoms with Crippen LogP contribution in [0.5, 0.6) is 5.75 Å². The van der Waals surface area contributed by atoms with Gasteiger partial charge in [0.25, 0.3) is 11.8 Å². The van der Waals surface area contributed by atoms with Crippen LogP contribution in [0.4, 0.5) is 10.5 Å². The Kier molecular flexibility index (Phi) is 5.59. The van der Waals surface area contributed by atoms with E-state index in [0.29, 0.717) is 23.6 Å². The summed E-state index contributed by atoms with van der Waals surface area (Å²) in [7, 11) is 0. The number of urea groups is 1. The van der Waals surface area contributed by atoms with Crippen molar-refractivity contribution in [1.82, 2.24) is 14.9 Å². The summed E-state index contributed by atoms with van der Waals surface area (Å²) in [5.74, 6) is -0.0666. The summed E-state index contributed by atoms with van der Waals surface area (Å²) in [4.78, 5) is 43.4. The molecule has 1 aromatic carbocycles. The third-order valence-electron chi connectivity index (χ3n) is 5.16. The third kappa shape index (κ3) is 3.78. The fourth-order valence-electron chi connectivity index (χ4n) is 3.68. The Morgan fingerprint density at radius 3 is 2.47 bits per heavy atom. The van der Waals surface area contributed by atoms with Crippen LogP contribution < -0.4 is 15.0 Å². The zero-order valence-corrected chi connectivity index (χ0v) is 18.0. The summed E-state index contributed by atoms with van der Waals surface area (Å²) in [6.45, 7) is 6.17. The molecule has 3 heterocycles. The lowest BCUT2D eigenvalue weighted by atomic mass is 10.1. The van der Waals surface area contributed by atoms with Crippen LogP contribution in [0, 0.1) is 13.8 Å². The molecule has 1 N–H and O–H groups in total. The number of carbonyl (C=O) groups excluding carboxylic acids is 3. The van der Waals surface area contributed by atoms with Crippen LogP contribution in [0.1, 0.15) is 23.9 Å². The fourth-order valence-corrected chi connectivity index (χ4v) is 3.68. The standard InChI is InChI=1S/C24H22N4O4/c1-4-32-19-10-8-18(9-11-19)28-23(30)20(22(29)26-24(28)31)14-17-13-15(2)27(16(17)3)21-7-5-6-12-25-21/h5-14H,4H2,1-3H3,(H,26,29,31)/b20-14+. The molecule has 0 radical (unpaired) electrons. The van der Waals surface area contributed by atoms with E-state index in [4.69, 9.17) is 4.74 Å². The number of imide groups is 2. The van der Waals surface area contributed by atoms with Gasteiger partial charge in [0.1, 0.15) is 17.1 Å². The molecule has 162 valence electrons. The van der Waals surface area contributed by atoms with E-state index in [2.05, 4.69) is 10.3 Å². The van der Waals surface area contributed by atoms with Gasteiger partial charge in [-0.3, -0.25) is 14.9 Å². The van der Waals surface area contributed by atoms with Gasteiger partial charge < -0.3 is 9.30 Å². The number of nitrogens with zero attached hydrogens (tertiary/aromatic N) is 3. The average Bonchev–Trinajstić information content (AvgIpc) is 3.06. The largest absolute Gasteiger partial charge is 0.494 e. The molecule has 1 aliphatic heterocycles. The smallest absolute Gasteiger partial charge is 0.335 e. The molecular formula is C24H22N4O4. The minimum Gasteiger partial charge on any atom is -0.494 e. The molecule has 2 aromatic heterocycles. The number of pyridine rings is 1. The maximum atomic E-state index is 13.2. The first-order valence-corrected chi connectivity index (χ1v) is 10.2. The molecule has 4 amide bonds. The van der Waals surface area contributed by atoms with E-state index in [-0.39, 0.29) is 5.57 Å². The van der Waals surface area contributed by atoms with Crippen LogP contribution in [0.25, 0.3) is 11.9 Å². The summed E-state index contributed by atoms with van der Waals surface area (Å²) in [5, 5.41) is 2.25. The van der Waals surface area contributed by atoms with E-state index < -0.39 is 17.8 Å². The molecule has 32 heavy (non-hydrogen) atoms. The van der Waals surface area contributed by atoms with Gasteiger partial charge in [0.05, 0.1) is 12.3 Å². The molecule has 0 spiro atoms. The van der Waals surface area contributed by atoms with E-state index in [1.807, 2.05) is 49.6 Å². The molecule has 0 unspecified atom stereocenters. The minimum atomic E-state index is -0.791. The average molecular weight is 430 g/mol. The van der Waals surface area contributed by atoms with Crippen molar-refractivity contribution in [2.24, 2.45) is 0 Å². The highest BCUT2D eigenvalue weighted by molar-refractivity contribution is 6.39. The first-order valence-electron chi connectivity index (χ1n) is 10.2. The number of carbonyl (C=O) groups is 3. The Balaban J connectivity index is 1.71. The topological polar surface area (TPSA) is 93.5 Å². The number of rotatable bonds is 5. The molecule has 0 atom stereocenters. The fraction of sp³-hybridized carbons (Fsp3) is 0.167. The van der Waals surface area contributed by atoms with Gasteiger partial charge in [-0.25, -0.2) is 14.7 Å². The van der Waals surface area contributed by atoms with Crippen molar-refractivity contribution in [3.05, 3.63) is 77.3 Å². The van der Waals surface area contributed by atoms with Crippen molar-refractivity contribution < 1.29 is 19.1 Å². The summed E-state index contributed by atoms with van der Waals surface area (Å²) >= 11 is 0. The van der Waals surface area contributed by atoms with Gasteiger partial charge in [-0.15, -0.1) is 0 Å². The molecule has 0 saturated carbocycles. The summed E-state index contributed by atoms with van der Waals surface area (Å²) in [6, 6.07) is 13.2. The van der Waals surface area contributed by atoms with Gasteiger partial charge >= 0.3 is 6.03 Å². The van der Waals surface area contributed by atoms with E-state index >= 15 is 0 Å². The Morgan fingerprint density at radius 1 is 1.06 bits per heavy atom. The molecule has 1 aliphatic rings. The van der Waals surface area contributed by atoms with Crippen molar-refractivity contribution in [2.75, 3.05) is 11.5 Å². The number of barbiturate groups is 1. The second-order valence-electron chi connectivity index (χ2n) is 7.23. The molecule has 1 fully saturated rings. The highest BCUT2D eigenvalue weighted by Gasteiger charge is 2.37. The molecule has 0 aliphatic carbocycles. The molecule has 1 saturated heterocycles. The van der Waals surface area contributed by atoms with E-state index in [0.717, 1.165) is 22.1 Å². The van der Waals surface area contributed by atoms with Crippen molar-refractivity contribution in [2.45, 2.75) is 20.8 Å². The van der Waals surface area contributed by atoms with Crippen LogP contribution in [0.3, 0.4) is 0 Å². The summed E-state index contributed by atoms with van der Waals surface area (Å²) < 4.78 is 7.34. The molecule has 3 aromatic rings. The number of hydrogen-bond acceptors (Lipinski definition) is 5. The molecule has 8 nitrogen and oxygen atoms in total. The summed E-state index contributed by atoms with van der Waals surface area (Å²) in [6.07, 6.45) is 3.21. The lowest BCUT2D eigenvalue weighted by molar-refractivity contribution is -0.122. The zero-order valence-electron chi connectivity index (χ0n) is 18.0. The summed E-state index contributed by atoms with van der Waals surface area (Å²) in [5.41, 5.74) is 2.62. The van der Waals surface area contributed by atoms with Gasteiger partial charge in [-0.1, -0.05) is 6.07 Å². The van der Waals surface area contributed by atoms with E-state index in [1.165, 1.54) is 6.08 Å². The van der Waals surface area contributed by atoms with Crippen LogP contribution in [-0.4, -0.2) is 34.0 Å². The highest BCUT2D eigenvalue weighted by Crippen LogP contribution is 2.26. The second kappa shape index (κ2) is 8.50. The maximum Gasteiger partial charge on any atom is 0.335 e. The zero-order chi connectivity index (χ0) is 22.8. The number of aryl methyl sites for hydroxylation is 1. The number of aromatic nitrogens is 2. The predicted octanol–water partition coefficient (Wildman–Crippen LogP) is 3.55. The Labute approximate surface area is 185 Å². The van der Waals surface area contributed by atoms with Gasteiger partial charge in [0.15, 0.2) is 0 Å². The number of ether oxygens (including phenoxy) is 1. The van der Waals surface area contributed by atoms with Crippen molar-refractivity contribution in [3.8, 4) is 11.6 Å². The highest BCUT2D eigenvalue weighted by atomic mass is 16.5.